The van der Waals surface area contributed by atoms with Crippen molar-refractivity contribution in [3.05, 3.63) is 0 Å². The maximum Gasteiger partial charge on any atom is 0.232 e. The first-order chi connectivity index (χ1) is 8.34. The monoisotopic (exact) mass is 274 g/mol. The fourth-order valence-corrected chi connectivity index (χ4v) is 2.57. The fourth-order valence-electron chi connectivity index (χ4n) is 1.39. The topological polar surface area (TPSA) is 46.3 Å². The smallest absolute Gasteiger partial charge is 0.232 e. The van der Waals surface area contributed by atoms with Gasteiger partial charge in [-0.1, -0.05) is 27.7 Å². The molecule has 108 valence electrons. The molecule has 2 N–H and O–H groups in total. The zero-order valence-electron chi connectivity index (χ0n) is 12.6. The van der Waals surface area contributed by atoms with E-state index in [1.54, 1.807) is 11.8 Å². The zero-order valence-corrected chi connectivity index (χ0v) is 13.4. The summed E-state index contributed by atoms with van der Waals surface area (Å²) in [6, 6.07) is 0.189. The van der Waals surface area contributed by atoms with Crippen molar-refractivity contribution >= 4 is 17.7 Å². The molecule has 0 aliphatic heterocycles. The van der Waals surface area contributed by atoms with E-state index in [0.717, 1.165) is 24.6 Å². The van der Waals surface area contributed by atoms with Gasteiger partial charge in [0.15, 0.2) is 0 Å². The molecule has 4 heteroatoms. The highest BCUT2D eigenvalue weighted by Crippen LogP contribution is 2.10. The Kier molecular flexibility index (Phi) is 9.56. The number of amides is 1. The number of thioether (sulfide) groups is 1. The first-order valence-electron chi connectivity index (χ1n) is 6.91. The Morgan fingerprint density at radius 1 is 1.22 bits per heavy atom. The minimum atomic E-state index is 0.189. The molecule has 0 aromatic carbocycles. The summed E-state index contributed by atoms with van der Waals surface area (Å²) in [5.41, 5.74) is 5.98. The van der Waals surface area contributed by atoms with Crippen LogP contribution in [-0.2, 0) is 4.79 Å². The van der Waals surface area contributed by atoms with Crippen LogP contribution < -0.4 is 5.73 Å². The molecule has 1 amide bonds. The lowest BCUT2D eigenvalue weighted by molar-refractivity contribution is -0.127. The van der Waals surface area contributed by atoms with Crippen molar-refractivity contribution in [1.29, 1.82) is 0 Å². The van der Waals surface area contributed by atoms with Crippen LogP contribution in [0.25, 0.3) is 0 Å². The maximum atomic E-state index is 11.8. The van der Waals surface area contributed by atoms with Gasteiger partial charge in [-0.2, -0.15) is 11.8 Å². The predicted octanol–water partition coefficient (Wildman–Crippen LogP) is 2.60. The Bertz CT molecular complexity index is 232. The van der Waals surface area contributed by atoms with E-state index < -0.39 is 0 Å². The van der Waals surface area contributed by atoms with E-state index in [1.807, 2.05) is 11.9 Å². The third-order valence-electron chi connectivity index (χ3n) is 3.14. The Labute approximate surface area is 117 Å². The molecule has 0 saturated carbocycles. The molecule has 0 radical (unpaired) electrons. The van der Waals surface area contributed by atoms with E-state index in [4.69, 9.17) is 5.73 Å². The van der Waals surface area contributed by atoms with Crippen LogP contribution in [0.15, 0.2) is 0 Å². The highest BCUT2D eigenvalue weighted by atomic mass is 32.2. The molecule has 0 fully saturated rings. The van der Waals surface area contributed by atoms with E-state index in [0.29, 0.717) is 11.7 Å². The van der Waals surface area contributed by atoms with Crippen LogP contribution in [0.4, 0.5) is 0 Å². The van der Waals surface area contributed by atoms with E-state index in [1.165, 1.54) is 6.42 Å². The average molecular weight is 274 g/mol. The molecular weight excluding hydrogens is 244 g/mol. The van der Waals surface area contributed by atoms with Crippen molar-refractivity contribution in [2.75, 3.05) is 25.1 Å². The van der Waals surface area contributed by atoms with Gasteiger partial charge < -0.3 is 10.6 Å². The number of carbonyl (C=O) groups is 1. The van der Waals surface area contributed by atoms with Gasteiger partial charge in [-0.05, 0) is 30.4 Å². The Morgan fingerprint density at radius 3 is 2.33 bits per heavy atom. The van der Waals surface area contributed by atoms with E-state index in [9.17, 15) is 4.79 Å². The van der Waals surface area contributed by atoms with E-state index in [2.05, 4.69) is 27.7 Å². The van der Waals surface area contributed by atoms with Crippen molar-refractivity contribution in [3.8, 4) is 0 Å². The molecule has 18 heavy (non-hydrogen) atoms. The molecule has 3 nitrogen and oxygen atoms in total. The van der Waals surface area contributed by atoms with Crippen LogP contribution in [0.2, 0.25) is 0 Å². The van der Waals surface area contributed by atoms with Crippen molar-refractivity contribution in [2.45, 2.75) is 46.6 Å². The Morgan fingerprint density at radius 2 is 1.83 bits per heavy atom. The van der Waals surface area contributed by atoms with Gasteiger partial charge in [0, 0.05) is 19.6 Å². The summed E-state index contributed by atoms with van der Waals surface area (Å²) in [5, 5.41) is 0. The van der Waals surface area contributed by atoms with Crippen molar-refractivity contribution in [2.24, 2.45) is 17.6 Å². The first kappa shape index (κ1) is 17.8. The highest BCUT2D eigenvalue weighted by molar-refractivity contribution is 7.99. The average Bonchev–Trinajstić information content (AvgIpc) is 2.30. The molecule has 0 rings (SSSR count). The largest absolute Gasteiger partial charge is 0.345 e. The molecule has 0 saturated heterocycles. The van der Waals surface area contributed by atoms with Gasteiger partial charge in [-0.15, -0.1) is 0 Å². The Hall–Kier alpha value is -0.220. The van der Waals surface area contributed by atoms with Crippen LogP contribution in [0.5, 0.6) is 0 Å². The molecule has 0 spiro atoms. The van der Waals surface area contributed by atoms with Gasteiger partial charge in [0.2, 0.25) is 5.91 Å². The third-order valence-corrected chi connectivity index (χ3v) is 4.12. The van der Waals surface area contributed by atoms with Gasteiger partial charge in [-0.25, -0.2) is 0 Å². The van der Waals surface area contributed by atoms with Crippen molar-refractivity contribution < 1.29 is 4.79 Å². The molecule has 1 unspecified atom stereocenters. The van der Waals surface area contributed by atoms with E-state index >= 15 is 0 Å². The second kappa shape index (κ2) is 9.68. The molecule has 0 aromatic heterocycles. The normalized spacial score (nSPS) is 13.1. The molecule has 0 aliphatic carbocycles. The van der Waals surface area contributed by atoms with Crippen LogP contribution >= 0.6 is 11.8 Å². The van der Waals surface area contributed by atoms with Gasteiger partial charge in [-0.3, -0.25) is 4.79 Å². The van der Waals surface area contributed by atoms with Crippen LogP contribution in [0.1, 0.15) is 40.5 Å². The van der Waals surface area contributed by atoms with Crippen molar-refractivity contribution in [3.63, 3.8) is 0 Å². The van der Waals surface area contributed by atoms with E-state index in [-0.39, 0.29) is 11.9 Å². The molecule has 0 aliphatic rings. The predicted molar refractivity (Wildman–Crippen MR) is 81.8 cm³/mol. The quantitative estimate of drug-likeness (QED) is 0.657. The second-order valence-corrected chi connectivity index (χ2v) is 6.85. The van der Waals surface area contributed by atoms with Crippen LogP contribution in [0.3, 0.4) is 0 Å². The van der Waals surface area contributed by atoms with Gasteiger partial charge in [0.25, 0.3) is 0 Å². The summed E-state index contributed by atoms with van der Waals surface area (Å²) in [5.74, 6) is 3.09. The number of nitrogens with zero attached hydrogens (tertiary/aromatic N) is 1. The molecule has 0 aromatic rings. The lowest BCUT2D eigenvalue weighted by atomic mass is 10.0. The maximum absolute atomic E-state index is 11.8. The summed E-state index contributed by atoms with van der Waals surface area (Å²) in [4.78, 5) is 13.6. The minimum Gasteiger partial charge on any atom is -0.345 e. The number of carbonyl (C=O) groups excluding carboxylic acids is 1. The zero-order chi connectivity index (χ0) is 14.1. The number of hydrogen-bond acceptors (Lipinski definition) is 3. The first-order valence-corrected chi connectivity index (χ1v) is 8.07. The van der Waals surface area contributed by atoms with Gasteiger partial charge in [0.1, 0.15) is 0 Å². The highest BCUT2D eigenvalue weighted by Gasteiger charge is 2.12. The lowest BCUT2D eigenvalue weighted by Crippen LogP contribution is -2.35. The lowest BCUT2D eigenvalue weighted by Gasteiger charge is -2.21. The van der Waals surface area contributed by atoms with Crippen LogP contribution in [-0.4, -0.2) is 41.9 Å². The number of hydrogen-bond donors (Lipinski definition) is 1. The summed E-state index contributed by atoms with van der Waals surface area (Å²) >= 11 is 1.74. The fraction of sp³-hybridized carbons (Fsp3) is 0.929. The van der Waals surface area contributed by atoms with Crippen LogP contribution in [0, 0.1) is 11.8 Å². The Balaban J connectivity index is 3.69. The summed E-state index contributed by atoms with van der Waals surface area (Å²) in [6.45, 7) is 9.43. The number of nitrogens with two attached hydrogens (primary N) is 1. The SMILES string of the molecule is CC(C)CCSCC(=O)N(C)CCC(N)C(C)C. The molecule has 1 atom stereocenters. The van der Waals surface area contributed by atoms with Gasteiger partial charge >= 0.3 is 0 Å². The minimum absolute atomic E-state index is 0.189. The van der Waals surface area contributed by atoms with Crippen molar-refractivity contribution in [1.82, 2.24) is 4.90 Å². The summed E-state index contributed by atoms with van der Waals surface area (Å²) < 4.78 is 0. The summed E-state index contributed by atoms with van der Waals surface area (Å²) in [6.07, 6.45) is 2.07. The molecule has 0 heterocycles. The third kappa shape index (κ3) is 8.81. The standard InChI is InChI=1S/C14H30N2OS/c1-11(2)7-9-18-10-14(17)16(5)8-6-13(15)12(3)4/h11-13H,6-10,15H2,1-5H3. The van der Waals surface area contributed by atoms with Gasteiger partial charge in [0.05, 0.1) is 5.75 Å². The molecular formula is C14H30N2OS. The molecule has 0 bridgehead atoms. The summed E-state index contributed by atoms with van der Waals surface area (Å²) in [7, 11) is 1.87. The second-order valence-electron chi connectivity index (χ2n) is 5.75. The number of rotatable bonds is 9.